The fraction of sp³-hybridized carbons (Fsp3) is 0.342. The van der Waals surface area contributed by atoms with Gasteiger partial charge in [0.1, 0.15) is 0 Å². The summed E-state index contributed by atoms with van der Waals surface area (Å²) in [6.07, 6.45) is 1.91. The fourth-order valence-electron chi connectivity index (χ4n) is 5.36. The molecule has 0 fully saturated rings. The number of rotatable bonds is 5. The first kappa shape index (κ1) is 28.7. The van der Waals surface area contributed by atoms with Crippen molar-refractivity contribution in [2.24, 2.45) is 4.99 Å². The summed E-state index contributed by atoms with van der Waals surface area (Å²) in [7, 11) is 0. The molecular formula is C38H43N3. The number of hydrogen-bond acceptors (Lipinski definition) is 3. The second kappa shape index (κ2) is 10.9. The second-order valence-corrected chi connectivity index (χ2v) is 13.2. The Bertz CT molecular complexity index is 1720. The average molecular weight is 542 g/mol. The molecule has 0 radical (unpaired) electrons. The van der Waals surface area contributed by atoms with Crippen LogP contribution in [-0.2, 0) is 23.7 Å². The average Bonchev–Trinajstić information content (AvgIpc) is 2.95. The van der Waals surface area contributed by atoms with Gasteiger partial charge < -0.3 is 0 Å². The maximum Gasteiger partial charge on any atom is 0.0972 e. The van der Waals surface area contributed by atoms with Crippen LogP contribution in [0.1, 0.15) is 90.3 Å². The molecule has 5 rings (SSSR count). The van der Waals surface area contributed by atoms with E-state index in [9.17, 15) is 0 Å². The maximum absolute atomic E-state index is 5.26. The number of pyridine rings is 2. The molecule has 0 saturated carbocycles. The van der Waals surface area contributed by atoms with Crippen molar-refractivity contribution < 1.29 is 0 Å². The summed E-state index contributed by atoms with van der Waals surface area (Å²) >= 11 is 0. The van der Waals surface area contributed by atoms with Crippen molar-refractivity contribution in [2.45, 2.75) is 86.0 Å². The van der Waals surface area contributed by atoms with E-state index in [-0.39, 0.29) is 10.8 Å². The molecule has 2 aromatic heterocycles. The van der Waals surface area contributed by atoms with Crippen LogP contribution >= 0.6 is 0 Å². The number of para-hydroxylation sites is 1. The molecule has 0 amide bonds. The van der Waals surface area contributed by atoms with E-state index in [2.05, 4.69) is 135 Å². The van der Waals surface area contributed by atoms with Gasteiger partial charge in [0.25, 0.3) is 0 Å². The Balaban J connectivity index is 1.68. The molecule has 3 nitrogen and oxygen atoms in total. The van der Waals surface area contributed by atoms with Crippen molar-refractivity contribution in [1.82, 2.24) is 9.97 Å². The highest BCUT2D eigenvalue weighted by Gasteiger charge is 2.21. The van der Waals surface area contributed by atoms with Crippen LogP contribution in [0.3, 0.4) is 0 Å². The van der Waals surface area contributed by atoms with Crippen molar-refractivity contribution >= 4 is 33.2 Å². The minimum absolute atomic E-state index is 0.0426. The normalized spacial score (nSPS) is 12.9. The van der Waals surface area contributed by atoms with Gasteiger partial charge >= 0.3 is 0 Å². The molecule has 0 aliphatic heterocycles. The van der Waals surface area contributed by atoms with Gasteiger partial charge in [-0.3, -0.25) is 4.99 Å². The van der Waals surface area contributed by atoms with Gasteiger partial charge in [0, 0.05) is 16.3 Å². The molecule has 5 aromatic rings. The third kappa shape index (κ3) is 5.81. The Morgan fingerprint density at radius 1 is 0.659 bits per heavy atom. The van der Waals surface area contributed by atoms with Crippen molar-refractivity contribution in [2.75, 3.05) is 0 Å². The zero-order valence-electron chi connectivity index (χ0n) is 26.2. The number of aryl methyl sites for hydroxylation is 2. The van der Waals surface area contributed by atoms with Crippen molar-refractivity contribution in [3.8, 4) is 11.3 Å². The Hall–Kier alpha value is -3.85. The molecule has 0 spiro atoms. The monoisotopic (exact) mass is 541 g/mol. The van der Waals surface area contributed by atoms with Crippen LogP contribution in [0.4, 0.5) is 5.69 Å². The van der Waals surface area contributed by atoms with Gasteiger partial charge in [-0.1, -0.05) is 104 Å². The molecule has 0 atom stereocenters. The lowest BCUT2D eigenvalue weighted by Gasteiger charge is -2.26. The van der Waals surface area contributed by atoms with Crippen LogP contribution in [0, 0.1) is 0 Å². The molecule has 3 aromatic carbocycles. The highest BCUT2D eigenvalue weighted by Crippen LogP contribution is 2.35. The first-order valence-corrected chi connectivity index (χ1v) is 14.9. The van der Waals surface area contributed by atoms with Gasteiger partial charge in [-0.15, -0.1) is 0 Å². The van der Waals surface area contributed by atoms with E-state index in [4.69, 9.17) is 15.0 Å². The van der Waals surface area contributed by atoms with E-state index in [1.54, 1.807) is 0 Å². The minimum Gasteiger partial charge on any atom is -0.251 e. The lowest BCUT2D eigenvalue weighted by molar-refractivity contribution is 0.569. The fourth-order valence-corrected chi connectivity index (χ4v) is 5.36. The number of hydrogen-bond donors (Lipinski definition) is 0. The highest BCUT2D eigenvalue weighted by molar-refractivity contribution is 6.06. The number of fused-ring (bicyclic) bond motifs is 3. The van der Waals surface area contributed by atoms with Gasteiger partial charge in [0.05, 0.1) is 33.8 Å². The first-order valence-electron chi connectivity index (χ1n) is 14.9. The standard InChI is InChI=1S/C38H43N3/c1-10-25-13-12-14-26(11-2)34(25)39-24(3)32-19-17-27-15-16-28-18-20-33(41-36(28)35(27)40-32)29-21-30(37(4,5)6)23-31(22-29)38(7,8)9/h12-23H,10-11H2,1-9H3. The number of nitrogens with zero attached hydrogens (tertiary/aromatic N) is 3. The summed E-state index contributed by atoms with van der Waals surface area (Å²) in [5.74, 6) is 0. The maximum atomic E-state index is 5.26. The number of aliphatic imine (C=N–C) groups is 1. The molecule has 0 saturated heterocycles. The van der Waals surface area contributed by atoms with Crippen molar-refractivity contribution in [3.63, 3.8) is 0 Å². The van der Waals surface area contributed by atoms with E-state index in [1.165, 1.54) is 22.3 Å². The van der Waals surface area contributed by atoms with Gasteiger partial charge in [-0.05, 0) is 77.1 Å². The van der Waals surface area contributed by atoms with Gasteiger partial charge in [0.2, 0.25) is 0 Å². The summed E-state index contributed by atoms with van der Waals surface area (Å²) in [4.78, 5) is 15.5. The van der Waals surface area contributed by atoms with E-state index < -0.39 is 0 Å². The molecule has 41 heavy (non-hydrogen) atoms. The molecule has 0 bridgehead atoms. The largest absolute Gasteiger partial charge is 0.251 e. The topological polar surface area (TPSA) is 38.1 Å². The van der Waals surface area contributed by atoms with E-state index in [0.717, 1.165) is 63.0 Å². The smallest absolute Gasteiger partial charge is 0.0972 e. The third-order valence-corrected chi connectivity index (χ3v) is 8.10. The summed E-state index contributed by atoms with van der Waals surface area (Å²) in [5, 5.41) is 2.17. The van der Waals surface area contributed by atoms with Crippen molar-refractivity contribution in [1.29, 1.82) is 0 Å². The van der Waals surface area contributed by atoms with Crippen LogP contribution in [0.2, 0.25) is 0 Å². The molecule has 210 valence electrons. The SMILES string of the molecule is CCc1cccc(CC)c1N=C(C)c1ccc2ccc3ccc(-c4cc(C(C)(C)C)cc(C(C)(C)C)c4)nc3c2n1. The minimum atomic E-state index is 0.0426. The second-order valence-electron chi connectivity index (χ2n) is 13.2. The summed E-state index contributed by atoms with van der Waals surface area (Å²) in [6, 6.07) is 26.3. The summed E-state index contributed by atoms with van der Waals surface area (Å²) in [6.45, 7) is 20.1. The lowest BCUT2D eigenvalue weighted by Crippen LogP contribution is -2.16. The van der Waals surface area contributed by atoms with Gasteiger partial charge in [0.15, 0.2) is 0 Å². The van der Waals surface area contributed by atoms with E-state index >= 15 is 0 Å². The Morgan fingerprint density at radius 2 is 1.17 bits per heavy atom. The molecule has 0 unspecified atom stereocenters. The number of benzene rings is 3. The summed E-state index contributed by atoms with van der Waals surface area (Å²) < 4.78 is 0. The summed E-state index contributed by atoms with van der Waals surface area (Å²) in [5.41, 5.74) is 12.1. The van der Waals surface area contributed by atoms with E-state index in [1.807, 2.05) is 0 Å². The first-order chi connectivity index (χ1) is 19.4. The van der Waals surface area contributed by atoms with Gasteiger partial charge in [-0.2, -0.15) is 0 Å². The molecule has 0 N–H and O–H groups in total. The molecule has 2 heterocycles. The van der Waals surface area contributed by atoms with E-state index in [0.29, 0.717) is 0 Å². The quantitative estimate of drug-likeness (QED) is 0.164. The van der Waals surface area contributed by atoms with Crippen molar-refractivity contribution in [3.05, 3.63) is 101 Å². The van der Waals surface area contributed by atoms with Crippen LogP contribution < -0.4 is 0 Å². The zero-order chi connectivity index (χ0) is 29.5. The predicted molar refractivity (Wildman–Crippen MR) is 177 cm³/mol. The molecule has 3 heteroatoms. The third-order valence-electron chi connectivity index (χ3n) is 8.10. The van der Waals surface area contributed by atoms with Crippen LogP contribution in [-0.4, -0.2) is 15.7 Å². The van der Waals surface area contributed by atoms with Gasteiger partial charge in [-0.25, -0.2) is 9.97 Å². The molecular weight excluding hydrogens is 498 g/mol. The van der Waals surface area contributed by atoms with Crippen LogP contribution in [0.5, 0.6) is 0 Å². The Kier molecular flexibility index (Phi) is 7.59. The lowest BCUT2D eigenvalue weighted by atomic mass is 9.79. The number of aromatic nitrogens is 2. The van der Waals surface area contributed by atoms with Crippen LogP contribution in [0.15, 0.2) is 77.8 Å². The Morgan fingerprint density at radius 3 is 1.71 bits per heavy atom. The zero-order valence-corrected chi connectivity index (χ0v) is 26.2. The Labute approximate surface area is 245 Å². The molecule has 0 aliphatic rings. The predicted octanol–water partition coefficient (Wildman–Crippen LogP) is 10.3. The van der Waals surface area contributed by atoms with Crippen LogP contribution in [0.25, 0.3) is 33.1 Å². The molecule has 0 aliphatic carbocycles. The highest BCUT2D eigenvalue weighted by atomic mass is 14.8.